The number of nitrogens with zero attached hydrogens (tertiary/aromatic N) is 1. The maximum atomic E-state index is 13.2. The quantitative estimate of drug-likeness (QED) is 0.777. The van der Waals surface area contributed by atoms with Crippen LogP contribution in [-0.4, -0.2) is 23.4 Å². The summed E-state index contributed by atoms with van der Waals surface area (Å²) in [6, 6.07) is 4.51. The van der Waals surface area contributed by atoms with Crippen LogP contribution in [0.5, 0.6) is 0 Å². The molecule has 0 aliphatic rings. The molecule has 0 heterocycles. The second kappa shape index (κ2) is 7.53. The van der Waals surface area contributed by atoms with Crippen LogP contribution in [0.1, 0.15) is 50.4 Å². The Labute approximate surface area is 120 Å². The number of halogens is 1. The van der Waals surface area contributed by atoms with Gasteiger partial charge >= 0.3 is 0 Å². The van der Waals surface area contributed by atoms with Crippen LogP contribution < -0.4 is 0 Å². The molecule has 1 unspecified atom stereocenters. The van der Waals surface area contributed by atoms with E-state index in [1.54, 1.807) is 0 Å². The Kier molecular flexibility index (Phi) is 6.35. The molecule has 0 saturated carbocycles. The van der Waals surface area contributed by atoms with Gasteiger partial charge < -0.3 is 4.90 Å². The number of thiol groups is 1. The highest BCUT2D eigenvalue weighted by Gasteiger charge is 2.20. The van der Waals surface area contributed by atoms with E-state index >= 15 is 0 Å². The van der Waals surface area contributed by atoms with Gasteiger partial charge in [-0.05, 0) is 38.0 Å². The molecule has 106 valence electrons. The van der Waals surface area contributed by atoms with Crippen molar-refractivity contribution in [1.29, 1.82) is 0 Å². The number of carbonyl (C=O) groups is 1. The third-order valence-corrected chi connectivity index (χ3v) is 3.67. The zero-order valence-corrected chi connectivity index (χ0v) is 12.7. The minimum absolute atomic E-state index is 0.0434. The zero-order valence-electron chi connectivity index (χ0n) is 11.8. The average molecular weight is 283 g/mol. The molecule has 0 bridgehead atoms. The third-order valence-electron chi connectivity index (χ3n) is 3.33. The first-order chi connectivity index (χ1) is 9.01. The van der Waals surface area contributed by atoms with Crippen molar-refractivity contribution >= 4 is 18.5 Å². The number of carbonyl (C=O) groups excluding carboxylic acids is 1. The van der Waals surface area contributed by atoms with E-state index < -0.39 is 5.82 Å². The molecule has 0 aliphatic carbocycles. The summed E-state index contributed by atoms with van der Waals surface area (Å²) in [5.41, 5.74) is 0.503. The molecule has 2 nitrogen and oxygen atoms in total. The van der Waals surface area contributed by atoms with E-state index in [4.69, 9.17) is 0 Å². The molecule has 0 aliphatic heterocycles. The lowest BCUT2D eigenvalue weighted by atomic mass is 10.1. The smallest absolute Gasteiger partial charge is 0.254 e. The average Bonchev–Trinajstić information content (AvgIpc) is 2.41. The number of benzene rings is 1. The standard InChI is InChI=1S/C15H22FNOS/c1-4-6-9-17(11(3)5-2)15(18)12-7-8-13(16)14(19)10-12/h7-8,10-11,19H,4-6,9H2,1-3H3. The van der Waals surface area contributed by atoms with Crippen LogP contribution in [0, 0.1) is 5.82 Å². The molecule has 1 amide bonds. The summed E-state index contributed by atoms with van der Waals surface area (Å²) in [7, 11) is 0. The highest BCUT2D eigenvalue weighted by Crippen LogP contribution is 2.18. The van der Waals surface area contributed by atoms with Gasteiger partial charge in [0.15, 0.2) is 0 Å². The van der Waals surface area contributed by atoms with Gasteiger partial charge in [0.25, 0.3) is 5.91 Å². The van der Waals surface area contributed by atoms with Crippen molar-refractivity contribution in [2.45, 2.75) is 51.0 Å². The lowest BCUT2D eigenvalue weighted by molar-refractivity contribution is 0.0685. The summed E-state index contributed by atoms with van der Waals surface area (Å²) in [6.07, 6.45) is 2.93. The Morgan fingerprint density at radius 1 is 1.42 bits per heavy atom. The summed E-state index contributed by atoms with van der Waals surface area (Å²) in [5, 5.41) is 0. The van der Waals surface area contributed by atoms with E-state index in [9.17, 15) is 9.18 Å². The maximum Gasteiger partial charge on any atom is 0.254 e. The van der Waals surface area contributed by atoms with Gasteiger partial charge in [-0.1, -0.05) is 20.3 Å². The minimum Gasteiger partial charge on any atom is -0.336 e. The number of hydrogen-bond donors (Lipinski definition) is 1. The van der Waals surface area contributed by atoms with Gasteiger partial charge in [0.1, 0.15) is 5.82 Å². The van der Waals surface area contributed by atoms with Crippen molar-refractivity contribution in [1.82, 2.24) is 4.90 Å². The van der Waals surface area contributed by atoms with Gasteiger partial charge in [0.2, 0.25) is 0 Å². The molecule has 0 N–H and O–H groups in total. The molecule has 0 saturated heterocycles. The fraction of sp³-hybridized carbons (Fsp3) is 0.533. The van der Waals surface area contributed by atoms with Crippen LogP contribution in [0.4, 0.5) is 4.39 Å². The maximum absolute atomic E-state index is 13.2. The van der Waals surface area contributed by atoms with Crippen LogP contribution in [-0.2, 0) is 0 Å². The number of unbranched alkanes of at least 4 members (excludes halogenated alkanes) is 1. The van der Waals surface area contributed by atoms with Gasteiger partial charge in [-0.15, -0.1) is 12.6 Å². The first-order valence-electron chi connectivity index (χ1n) is 6.80. The molecule has 1 atom stereocenters. The van der Waals surface area contributed by atoms with Gasteiger partial charge in [0, 0.05) is 23.0 Å². The van der Waals surface area contributed by atoms with Crippen LogP contribution in [0.2, 0.25) is 0 Å². The van der Waals surface area contributed by atoms with E-state index in [0.717, 1.165) is 25.8 Å². The lowest BCUT2D eigenvalue weighted by Crippen LogP contribution is -2.39. The third kappa shape index (κ3) is 4.23. The van der Waals surface area contributed by atoms with E-state index in [2.05, 4.69) is 26.5 Å². The van der Waals surface area contributed by atoms with E-state index in [1.807, 2.05) is 11.8 Å². The van der Waals surface area contributed by atoms with Gasteiger partial charge in [-0.25, -0.2) is 4.39 Å². The summed E-state index contributed by atoms with van der Waals surface area (Å²) < 4.78 is 13.2. The zero-order chi connectivity index (χ0) is 14.4. The first kappa shape index (κ1) is 16.0. The summed E-state index contributed by atoms with van der Waals surface area (Å²) in [6.45, 7) is 6.94. The highest BCUT2D eigenvalue weighted by molar-refractivity contribution is 7.80. The lowest BCUT2D eigenvalue weighted by Gasteiger charge is -2.28. The molecule has 0 fully saturated rings. The Morgan fingerprint density at radius 2 is 2.11 bits per heavy atom. The first-order valence-corrected chi connectivity index (χ1v) is 7.25. The molecule has 4 heteroatoms. The number of amides is 1. The topological polar surface area (TPSA) is 20.3 Å². The molecular formula is C15H22FNOS. The Balaban J connectivity index is 2.94. The molecule has 1 aromatic rings. The van der Waals surface area contributed by atoms with Gasteiger partial charge in [-0.3, -0.25) is 4.79 Å². The Hall–Kier alpha value is -1.03. The fourth-order valence-corrected chi connectivity index (χ4v) is 2.10. The van der Waals surface area contributed by atoms with Crippen LogP contribution >= 0.6 is 12.6 Å². The van der Waals surface area contributed by atoms with Crippen LogP contribution in [0.3, 0.4) is 0 Å². The second-order valence-electron chi connectivity index (χ2n) is 4.78. The molecule has 0 spiro atoms. The van der Waals surface area contributed by atoms with E-state index in [-0.39, 0.29) is 16.8 Å². The molecule has 0 aromatic heterocycles. The minimum atomic E-state index is -0.400. The number of rotatable bonds is 6. The van der Waals surface area contributed by atoms with E-state index in [1.165, 1.54) is 18.2 Å². The summed E-state index contributed by atoms with van der Waals surface area (Å²) >= 11 is 4.03. The normalized spacial score (nSPS) is 12.3. The molecular weight excluding hydrogens is 261 g/mol. The van der Waals surface area contributed by atoms with Gasteiger partial charge in [-0.2, -0.15) is 0 Å². The van der Waals surface area contributed by atoms with Crippen LogP contribution in [0.25, 0.3) is 0 Å². The van der Waals surface area contributed by atoms with Crippen molar-refractivity contribution in [2.24, 2.45) is 0 Å². The van der Waals surface area contributed by atoms with E-state index in [0.29, 0.717) is 5.56 Å². The van der Waals surface area contributed by atoms with Gasteiger partial charge in [0.05, 0.1) is 0 Å². The Morgan fingerprint density at radius 3 is 2.63 bits per heavy atom. The molecule has 1 rings (SSSR count). The second-order valence-corrected chi connectivity index (χ2v) is 5.26. The predicted octanol–water partition coefficient (Wildman–Crippen LogP) is 4.16. The van der Waals surface area contributed by atoms with Crippen molar-refractivity contribution in [2.75, 3.05) is 6.54 Å². The van der Waals surface area contributed by atoms with Crippen molar-refractivity contribution in [3.8, 4) is 0 Å². The fourth-order valence-electron chi connectivity index (χ4n) is 1.88. The largest absolute Gasteiger partial charge is 0.336 e. The van der Waals surface area contributed by atoms with Crippen molar-refractivity contribution in [3.63, 3.8) is 0 Å². The molecule has 0 radical (unpaired) electrons. The Bertz CT molecular complexity index is 436. The molecule has 1 aromatic carbocycles. The van der Waals surface area contributed by atoms with Crippen molar-refractivity contribution < 1.29 is 9.18 Å². The molecule has 19 heavy (non-hydrogen) atoms. The summed E-state index contributed by atoms with van der Waals surface area (Å²) in [5.74, 6) is -0.443. The predicted molar refractivity (Wildman–Crippen MR) is 79.3 cm³/mol. The van der Waals surface area contributed by atoms with Crippen molar-refractivity contribution in [3.05, 3.63) is 29.6 Å². The number of hydrogen-bond acceptors (Lipinski definition) is 2. The SMILES string of the molecule is CCCCN(C(=O)c1ccc(F)c(S)c1)C(C)CC. The highest BCUT2D eigenvalue weighted by atomic mass is 32.1. The monoisotopic (exact) mass is 283 g/mol. The van der Waals surface area contributed by atoms with Crippen LogP contribution in [0.15, 0.2) is 23.1 Å². The summed E-state index contributed by atoms with van der Waals surface area (Å²) in [4.78, 5) is 14.6.